The van der Waals surface area contributed by atoms with Crippen LogP contribution in [0.5, 0.6) is 5.75 Å². The number of hydrogen-bond acceptors (Lipinski definition) is 4. The zero-order valence-corrected chi connectivity index (χ0v) is 17.6. The van der Waals surface area contributed by atoms with Crippen molar-refractivity contribution in [1.29, 1.82) is 0 Å². The molecule has 0 radical (unpaired) electrons. The molecular weight excluding hydrogens is 328 g/mol. The minimum atomic E-state index is -1.81. The SMILES string of the molecule is CC(=O)/C=C(\C)NCCN=Cc1cccc([Si](C)(C)C(C)(C)C)c1O. The average Bonchev–Trinajstić information content (AvgIpc) is 2.46. The summed E-state index contributed by atoms with van der Waals surface area (Å²) in [6.07, 6.45) is 3.30. The molecule has 0 aliphatic rings. The molecule has 0 fully saturated rings. The van der Waals surface area contributed by atoms with E-state index >= 15 is 0 Å². The van der Waals surface area contributed by atoms with Gasteiger partial charge in [-0.25, -0.2) is 0 Å². The zero-order valence-electron chi connectivity index (χ0n) is 16.6. The number of carbonyl (C=O) groups excluding carboxylic acids is 1. The van der Waals surface area contributed by atoms with Crippen LogP contribution < -0.4 is 10.5 Å². The molecule has 0 atom stereocenters. The van der Waals surface area contributed by atoms with E-state index in [9.17, 15) is 9.90 Å². The fraction of sp³-hybridized carbons (Fsp3) is 0.500. The number of rotatable bonds is 7. The zero-order chi connectivity index (χ0) is 19.3. The third-order valence-corrected chi connectivity index (χ3v) is 10.4. The number of phenols is 1. The van der Waals surface area contributed by atoms with Gasteiger partial charge in [0.2, 0.25) is 0 Å². The van der Waals surface area contributed by atoms with Gasteiger partial charge in [-0.05, 0) is 36.2 Å². The average molecular weight is 361 g/mol. The summed E-state index contributed by atoms with van der Waals surface area (Å²) in [5, 5.41) is 15.1. The highest BCUT2D eigenvalue weighted by molar-refractivity contribution is 6.92. The minimum absolute atomic E-state index is 0.0286. The van der Waals surface area contributed by atoms with Gasteiger partial charge in [0.1, 0.15) is 5.75 Å². The van der Waals surface area contributed by atoms with Crippen molar-refractivity contribution in [2.24, 2.45) is 4.99 Å². The Labute approximate surface area is 153 Å². The van der Waals surface area contributed by atoms with Crippen LogP contribution in [0.3, 0.4) is 0 Å². The van der Waals surface area contributed by atoms with E-state index in [4.69, 9.17) is 0 Å². The van der Waals surface area contributed by atoms with Crippen LogP contribution in [0.15, 0.2) is 35.0 Å². The van der Waals surface area contributed by atoms with Crippen LogP contribution >= 0.6 is 0 Å². The summed E-state index contributed by atoms with van der Waals surface area (Å²) in [4.78, 5) is 15.4. The molecule has 1 rings (SSSR count). The third kappa shape index (κ3) is 5.85. The van der Waals surface area contributed by atoms with Gasteiger partial charge in [0.05, 0.1) is 14.6 Å². The van der Waals surface area contributed by atoms with E-state index in [-0.39, 0.29) is 10.8 Å². The number of aliphatic imine (C=N–C) groups is 1. The van der Waals surface area contributed by atoms with Crippen LogP contribution in [0.2, 0.25) is 18.1 Å². The standard InChI is InChI=1S/C20H32N2O2Si/c1-15(13-16(2)23)22-12-11-21-14-17-9-8-10-18(19(17)24)25(6,7)20(3,4)5/h8-10,13-14,22,24H,11-12H2,1-7H3/b15-13+,21-14?. The Balaban J connectivity index is 2.82. The number of nitrogens with zero attached hydrogens (tertiary/aromatic N) is 1. The molecule has 0 bridgehead atoms. The maximum absolute atomic E-state index is 11.0. The number of carbonyl (C=O) groups is 1. The van der Waals surface area contributed by atoms with Crippen LogP contribution in [-0.4, -0.2) is 38.3 Å². The molecular formula is C20H32N2O2Si. The molecule has 25 heavy (non-hydrogen) atoms. The van der Waals surface area contributed by atoms with Gasteiger partial charge in [0.15, 0.2) is 5.78 Å². The maximum atomic E-state index is 11.0. The Morgan fingerprint density at radius 2 is 1.92 bits per heavy atom. The first kappa shape index (κ1) is 21.2. The van der Waals surface area contributed by atoms with E-state index in [2.05, 4.69) is 44.2 Å². The third-order valence-electron chi connectivity index (χ3n) is 4.91. The van der Waals surface area contributed by atoms with Crippen molar-refractivity contribution in [2.45, 2.75) is 52.8 Å². The number of para-hydroxylation sites is 1. The molecule has 138 valence electrons. The summed E-state index contributed by atoms with van der Waals surface area (Å²) in [6, 6.07) is 5.93. The van der Waals surface area contributed by atoms with Gasteiger partial charge in [-0.2, -0.15) is 0 Å². The lowest BCUT2D eigenvalue weighted by molar-refractivity contribution is -0.112. The maximum Gasteiger partial charge on any atom is 0.154 e. The first-order valence-corrected chi connectivity index (χ1v) is 11.7. The Morgan fingerprint density at radius 1 is 1.28 bits per heavy atom. The summed E-state index contributed by atoms with van der Waals surface area (Å²) in [6.45, 7) is 15.9. The van der Waals surface area contributed by atoms with Crippen LogP contribution in [0.1, 0.15) is 40.2 Å². The first-order valence-electron chi connectivity index (χ1n) is 8.72. The second kappa shape index (κ2) is 8.47. The number of allylic oxidation sites excluding steroid dienone is 2. The molecule has 0 saturated carbocycles. The molecule has 0 spiro atoms. The minimum Gasteiger partial charge on any atom is -0.507 e. The lowest BCUT2D eigenvalue weighted by atomic mass is 10.2. The second-order valence-electron chi connectivity index (χ2n) is 8.02. The molecule has 0 aliphatic carbocycles. The number of nitrogens with one attached hydrogen (secondary N) is 1. The van der Waals surface area contributed by atoms with Gasteiger partial charge >= 0.3 is 0 Å². The highest BCUT2D eigenvalue weighted by Gasteiger charge is 2.38. The van der Waals surface area contributed by atoms with Crippen molar-refractivity contribution in [3.8, 4) is 5.75 Å². The highest BCUT2D eigenvalue weighted by atomic mass is 28.3. The summed E-state index contributed by atoms with van der Waals surface area (Å²) < 4.78 is 0. The molecule has 0 saturated heterocycles. The molecule has 1 aromatic rings. The van der Waals surface area contributed by atoms with Crippen LogP contribution in [-0.2, 0) is 4.79 Å². The van der Waals surface area contributed by atoms with Gasteiger partial charge in [-0.1, -0.05) is 46.0 Å². The van der Waals surface area contributed by atoms with Crippen molar-refractivity contribution in [2.75, 3.05) is 13.1 Å². The van der Waals surface area contributed by atoms with Gasteiger partial charge in [-0.3, -0.25) is 9.79 Å². The monoisotopic (exact) mass is 360 g/mol. The van der Waals surface area contributed by atoms with Crippen LogP contribution in [0.25, 0.3) is 0 Å². The second-order valence-corrected chi connectivity index (χ2v) is 13.3. The molecule has 2 N–H and O–H groups in total. The number of benzene rings is 1. The first-order chi connectivity index (χ1) is 11.5. The summed E-state index contributed by atoms with van der Waals surface area (Å²) in [5.74, 6) is 0.388. The lowest BCUT2D eigenvalue weighted by Crippen LogP contribution is -2.49. The fourth-order valence-electron chi connectivity index (χ4n) is 2.41. The van der Waals surface area contributed by atoms with E-state index in [1.54, 1.807) is 12.3 Å². The Kier molecular flexibility index (Phi) is 7.17. The molecule has 4 nitrogen and oxygen atoms in total. The van der Waals surface area contributed by atoms with Gasteiger partial charge in [-0.15, -0.1) is 0 Å². The molecule has 0 heterocycles. The van der Waals surface area contributed by atoms with E-state index < -0.39 is 8.07 Å². The Bertz CT molecular complexity index is 671. The topological polar surface area (TPSA) is 61.7 Å². The smallest absolute Gasteiger partial charge is 0.154 e. The molecule has 5 heteroatoms. The van der Waals surface area contributed by atoms with E-state index in [0.29, 0.717) is 18.8 Å². The predicted octanol–water partition coefficient (Wildman–Crippen LogP) is 3.61. The lowest BCUT2D eigenvalue weighted by Gasteiger charge is -2.37. The number of phenolic OH excluding ortho intramolecular Hbond substituents is 1. The fourth-order valence-corrected chi connectivity index (χ4v) is 4.47. The van der Waals surface area contributed by atoms with Crippen molar-refractivity contribution in [1.82, 2.24) is 5.32 Å². The van der Waals surface area contributed by atoms with Crippen molar-refractivity contribution < 1.29 is 9.90 Å². The molecule has 0 unspecified atom stereocenters. The van der Waals surface area contributed by atoms with Crippen molar-refractivity contribution in [3.63, 3.8) is 0 Å². The van der Waals surface area contributed by atoms with Gasteiger partial charge in [0, 0.05) is 24.0 Å². The van der Waals surface area contributed by atoms with E-state index in [0.717, 1.165) is 16.4 Å². The van der Waals surface area contributed by atoms with Crippen molar-refractivity contribution in [3.05, 3.63) is 35.5 Å². The Hall–Kier alpha value is -1.88. The molecule has 0 amide bonds. The quantitative estimate of drug-likeness (QED) is 0.338. The van der Waals surface area contributed by atoms with Gasteiger partial charge in [0.25, 0.3) is 0 Å². The van der Waals surface area contributed by atoms with Crippen LogP contribution in [0, 0.1) is 0 Å². The largest absolute Gasteiger partial charge is 0.507 e. The number of aromatic hydroxyl groups is 1. The Morgan fingerprint density at radius 3 is 2.48 bits per heavy atom. The summed E-state index contributed by atoms with van der Waals surface area (Å²) >= 11 is 0. The van der Waals surface area contributed by atoms with Gasteiger partial charge < -0.3 is 10.4 Å². The van der Waals surface area contributed by atoms with Crippen LogP contribution in [0.4, 0.5) is 0 Å². The summed E-state index contributed by atoms with van der Waals surface area (Å²) in [5.41, 5.74) is 1.60. The summed E-state index contributed by atoms with van der Waals surface area (Å²) in [7, 11) is -1.81. The number of hydrogen-bond donors (Lipinski definition) is 2. The predicted molar refractivity (Wildman–Crippen MR) is 110 cm³/mol. The van der Waals surface area contributed by atoms with E-state index in [1.807, 2.05) is 25.1 Å². The molecule has 0 aliphatic heterocycles. The van der Waals surface area contributed by atoms with Crippen molar-refractivity contribution >= 4 is 25.3 Å². The normalized spacial score (nSPS) is 13.3. The molecule has 0 aromatic heterocycles. The highest BCUT2D eigenvalue weighted by Crippen LogP contribution is 2.37. The molecule has 1 aromatic carbocycles. The number of ketones is 1. The van der Waals surface area contributed by atoms with E-state index in [1.165, 1.54) is 6.92 Å².